The van der Waals surface area contributed by atoms with Crippen LogP contribution >= 0.6 is 11.6 Å². The van der Waals surface area contributed by atoms with Crippen molar-refractivity contribution in [3.05, 3.63) is 44.8 Å². The highest BCUT2D eigenvalue weighted by atomic mass is 35.5. The fourth-order valence-electron chi connectivity index (χ4n) is 1.16. The quantitative estimate of drug-likeness (QED) is 0.438. The summed E-state index contributed by atoms with van der Waals surface area (Å²) in [6, 6.07) is 3.07. The number of nitrogens with zero attached hydrogens (tertiary/aromatic N) is 3. The van der Waals surface area contributed by atoms with E-state index >= 15 is 0 Å². The molecular weight excluding hydrogens is 243 g/mol. The van der Waals surface area contributed by atoms with Crippen molar-refractivity contribution in [3.8, 4) is 0 Å². The Hall–Kier alpha value is -1.39. The zero-order valence-corrected chi connectivity index (χ0v) is 8.76. The Balaban J connectivity index is 2.95. The Labute approximate surface area is 94.5 Å². The zero-order valence-electron chi connectivity index (χ0n) is 8.00. The van der Waals surface area contributed by atoms with Gasteiger partial charge in [-0.15, -0.1) is 0 Å². The highest BCUT2D eigenvalue weighted by molar-refractivity contribution is 6.31. The summed E-state index contributed by atoms with van der Waals surface area (Å²) in [5.41, 5.74) is 7.61. The monoisotopic (exact) mass is 249 g/mol. The van der Waals surface area contributed by atoms with E-state index in [1.165, 1.54) is 6.07 Å². The van der Waals surface area contributed by atoms with E-state index in [1.54, 1.807) is 0 Å². The molecule has 0 aliphatic carbocycles. The molecule has 0 bridgehead atoms. The van der Waals surface area contributed by atoms with Gasteiger partial charge >= 0.3 is 6.18 Å². The molecule has 1 rings (SSSR count). The highest BCUT2D eigenvalue weighted by Gasteiger charge is 2.30. The minimum absolute atomic E-state index is 0.0809. The van der Waals surface area contributed by atoms with Crippen molar-refractivity contribution in [2.45, 2.75) is 12.6 Å². The van der Waals surface area contributed by atoms with Gasteiger partial charge in [0.05, 0.1) is 5.56 Å². The van der Waals surface area contributed by atoms with Gasteiger partial charge in [0, 0.05) is 16.5 Å². The Morgan fingerprint density at radius 1 is 1.38 bits per heavy atom. The Bertz CT molecular complexity index is 424. The summed E-state index contributed by atoms with van der Waals surface area (Å²) >= 11 is 5.72. The van der Waals surface area contributed by atoms with Crippen LogP contribution in [0, 0.1) is 0 Å². The van der Waals surface area contributed by atoms with Crippen molar-refractivity contribution in [2.75, 3.05) is 6.54 Å². The minimum atomic E-state index is -4.39. The molecule has 0 aliphatic heterocycles. The van der Waals surface area contributed by atoms with E-state index in [0.29, 0.717) is 5.56 Å². The van der Waals surface area contributed by atoms with Gasteiger partial charge in [-0.1, -0.05) is 16.7 Å². The number of hydrogen-bond donors (Lipinski definition) is 0. The van der Waals surface area contributed by atoms with Crippen molar-refractivity contribution < 1.29 is 13.2 Å². The third-order valence-corrected chi connectivity index (χ3v) is 2.29. The molecule has 3 nitrogen and oxygen atoms in total. The summed E-state index contributed by atoms with van der Waals surface area (Å²) in [4.78, 5) is 2.51. The molecule has 0 aliphatic rings. The van der Waals surface area contributed by atoms with E-state index in [2.05, 4.69) is 10.0 Å². The van der Waals surface area contributed by atoms with Crippen LogP contribution in [0.15, 0.2) is 23.3 Å². The molecule has 0 spiro atoms. The molecule has 0 fully saturated rings. The van der Waals surface area contributed by atoms with Gasteiger partial charge in [0.2, 0.25) is 0 Å². The first kappa shape index (κ1) is 12.7. The van der Waals surface area contributed by atoms with Crippen LogP contribution in [0.25, 0.3) is 10.4 Å². The number of hydrogen-bond acceptors (Lipinski definition) is 1. The maximum Gasteiger partial charge on any atom is 0.416 e. The van der Waals surface area contributed by atoms with Gasteiger partial charge in [0.15, 0.2) is 0 Å². The van der Waals surface area contributed by atoms with Crippen molar-refractivity contribution in [2.24, 2.45) is 5.11 Å². The molecule has 0 saturated heterocycles. The molecule has 0 amide bonds. The largest absolute Gasteiger partial charge is 0.416 e. The molecule has 1 aromatic rings. The average molecular weight is 250 g/mol. The van der Waals surface area contributed by atoms with Crippen LogP contribution in [0.5, 0.6) is 0 Å². The smallest absolute Gasteiger partial charge is 0.166 e. The molecule has 7 heteroatoms. The summed E-state index contributed by atoms with van der Waals surface area (Å²) in [6.45, 7) is 0.0809. The van der Waals surface area contributed by atoms with Crippen molar-refractivity contribution in [3.63, 3.8) is 0 Å². The number of rotatable bonds is 3. The lowest BCUT2D eigenvalue weighted by Crippen LogP contribution is -2.06. The lowest BCUT2D eigenvalue weighted by Gasteiger charge is -2.09. The third-order valence-electron chi connectivity index (χ3n) is 1.92. The Morgan fingerprint density at radius 2 is 2.06 bits per heavy atom. The maximum absolute atomic E-state index is 12.4. The molecule has 86 valence electrons. The second-order valence-electron chi connectivity index (χ2n) is 3.01. The van der Waals surface area contributed by atoms with Crippen LogP contribution < -0.4 is 0 Å². The summed E-state index contributed by atoms with van der Waals surface area (Å²) in [5.74, 6) is 0. The van der Waals surface area contributed by atoms with E-state index < -0.39 is 11.7 Å². The van der Waals surface area contributed by atoms with Crippen LogP contribution in [0.2, 0.25) is 5.02 Å². The molecule has 1 aromatic carbocycles. The van der Waals surface area contributed by atoms with Gasteiger partial charge in [0.1, 0.15) is 0 Å². The standard InChI is InChI=1S/C9H7ClF3N3/c10-8-2-1-7(9(11,12)13)5-6(8)3-4-15-16-14/h1-2,5H,3-4H2. The van der Waals surface area contributed by atoms with Crippen LogP contribution in [-0.2, 0) is 12.6 Å². The fourth-order valence-corrected chi connectivity index (χ4v) is 1.37. The predicted molar refractivity (Wildman–Crippen MR) is 54.2 cm³/mol. The number of halogens is 4. The van der Waals surface area contributed by atoms with E-state index in [9.17, 15) is 13.2 Å². The highest BCUT2D eigenvalue weighted by Crippen LogP contribution is 2.31. The number of alkyl halides is 3. The van der Waals surface area contributed by atoms with Crippen LogP contribution in [0.4, 0.5) is 13.2 Å². The first-order valence-electron chi connectivity index (χ1n) is 4.31. The summed E-state index contributed by atoms with van der Waals surface area (Å²) in [7, 11) is 0. The molecule has 16 heavy (non-hydrogen) atoms. The van der Waals surface area contributed by atoms with E-state index in [4.69, 9.17) is 17.1 Å². The number of azide groups is 1. The van der Waals surface area contributed by atoms with Gasteiger partial charge in [-0.3, -0.25) is 0 Å². The van der Waals surface area contributed by atoms with Crippen molar-refractivity contribution in [1.29, 1.82) is 0 Å². The average Bonchev–Trinajstić information content (AvgIpc) is 2.19. The molecular formula is C9H7ClF3N3. The molecule has 0 N–H and O–H groups in total. The Morgan fingerprint density at radius 3 is 2.62 bits per heavy atom. The van der Waals surface area contributed by atoms with Crippen molar-refractivity contribution in [1.82, 2.24) is 0 Å². The lowest BCUT2D eigenvalue weighted by molar-refractivity contribution is -0.137. The van der Waals surface area contributed by atoms with Gasteiger partial charge in [-0.05, 0) is 35.7 Å². The van der Waals surface area contributed by atoms with Crippen LogP contribution in [0.3, 0.4) is 0 Å². The first-order chi connectivity index (χ1) is 7.45. The molecule has 0 unspecified atom stereocenters. The van der Waals surface area contributed by atoms with Crippen molar-refractivity contribution >= 4 is 11.6 Å². The predicted octanol–water partition coefficient (Wildman–Crippen LogP) is 4.21. The summed E-state index contributed by atoms with van der Waals surface area (Å²) in [6.07, 6.45) is -4.20. The molecule has 0 aromatic heterocycles. The van der Waals surface area contributed by atoms with Gasteiger partial charge in [-0.25, -0.2) is 0 Å². The Kier molecular flexibility index (Phi) is 4.04. The second-order valence-corrected chi connectivity index (χ2v) is 3.42. The SMILES string of the molecule is [N-]=[N+]=NCCc1cc(C(F)(F)F)ccc1Cl. The van der Waals surface area contributed by atoms with E-state index in [-0.39, 0.29) is 18.0 Å². The second kappa shape index (κ2) is 5.09. The molecule has 0 radical (unpaired) electrons. The molecule has 0 saturated carbocycles. The topological polar surface area (TPSA) is 48.8 Å². The first-order valence-corrected chi connectivity index (χ1v) is 4.69. The van der Waals surface area contributed by atoms with Gasteiger partial charge < -0.3 is 0 Å². The van der Waals surface area contributed by atoms with E-state index in [1.807, 2.05) is 0 Å². The normalized spacial score (nSPS) is 11.0. The van der Waals surface area contributed by atoms with Gasteiger partial charge in [0.25, 0.3) is 0 Å². The molecule has 0 heterocycles. The third kappa shape index (κ3) is 3.32. The van der Waals surface area contributed by atoms with E-state index in [0.717, 1.165) is 12.1 Å². The minimum Gasteiger partial charge on any atom is -0.166 e. The van der Waals surface area contributed by atoms with Gasteiger partial charge in [-0.2, -0.15) is 13.2 Å². The van der Waals surface area contributed by atoms with Crippen LogP contribution in [0.1, 0.15) is 11.1 Å². The summed E-state index contributed by atoms with van der Waals surface area (Å²) < 4.78 is 37.1. The maximum atomic E-state index is 12.4. The summed E-state index contributed by atoms with van der Waals surface area (Å²) in [5, 5.41) is 3.48. The number of benzene rings is 1. The van der Waals surface area contributed by atoms with Crippen LogP contribution in [-0.4, -0.2) is 6.54 Å². The molecule has 0 atom stereocenters. The lowest BCUT2D eigenvalue weighted by atomic mass is 10.1. The zero-order chi connectivity index (χ0) is 12.2. The fraction of sp³-hybridized carbons (Fsp3) is 0.333.